The molecule has 0 amide bonds. The summed E-state index contributed by atoms with van der Waals surface area (Å²) in [7, 11) is 0. The normalized spacial score (nSPS) is 12.3. The van der Waals surface area contributed by atoms with E-state index in [0.717, 1.165) is 16.6 Å². The van der Waals surface area contributed by atoms with Gasteiger partial charge < -0.3 is 11.1 Å². The highest BCUT2D eigenvalue weighted by Crippen LogP contribution is 2.30. The molecule has 1 heterocycles. The average Bonchev–Trinajstić information content (AvgIpc) is 2.51. The van der Waals surface area contributed by atoms with E-state index in [4.69, 9.17) is 5.73 Å². The zero-order chi connectivity index (χ0) is 14.8. The molecule has 3 nitrogen and oxygen atoms in total. The van der Waals surface area contributed by atoms with E-state index in [2.05, 4.69) is 10.3 Å². The monoisotopic (exact) mass is 281 g/mol. The van der Waals surface area contributed by atoms with Crippen molar-refractivity contribution in [1.82, 2.24) is 4.98 Å². The number of pyridine rings is 1. The van der Waals surface area contributed by atoms with Gasteiger partial charge in [0.05, 0.1) is 22.9 Å². The molecule has 3 aromatic rings. The Balaban J connectivity index is 1.95. The number of halogens is 1. The van der Waals surface area contributed by atoms with E-state index in [0.29, 0.717) is 11.3 Å². The minimum Gasteiger partial charge on any atom is -0.397 e. The van der Waals surface area contributed by atoms with Crippen molar-refractivity contribution in [2.24, 2.45) is 0 Å². The molecule has 106 valence electrons. The Morgan fingerprint density at radius 3 is 2.71 bits per heavy atom. The molecule has 0 radical (unpaired) electrons. The molecule has 0 saturated heterocycles. The molecular formula is C17H16FN3. The van der Waals surface area contributed by atoms with Crippen molar-refractivity contribution in [3.8, 4) is 0 Å². The summed E-state index contributed by atoms with van der Waals surface area (Å²) in [6.45, 7) is 1.91. The molecule has 0 aliphatic rings. The summed E-state index contributed by atoms with van der Waals surface area (Å²) in [6.07, 6.45) is 1.73. The second-order valence-corrected chi connectivity index (χ2v) is 4.98. The lowest BCUT2D eigenvalue weighted by molar-refractivity contribution is 0.600. The van der Waals surface area contributed by atoms with E-state index in [-0.39, 0.29) is 11.9 Å². The maximum atomic E-state index is 13.8. The van der Waals surface area contributed by atoms with Crippen LogP contribution in [-0.2, 0) is 0 Å². The Bertz CT molecular complexity index is 786. The lowest BCUT2D eigenvalue weighted by Crippen LogP contribution is -2.10. The van der Waals surface area contributed by atoms with E-state index in [1.165, 1.54) is 6.07 Å². The topological polar surface area (TPSA) is 50.9 Å². The van der Waals surface area contributed by atoms with Crippen LogP contribution >= 0.6 is 0 Å². The number of benzene rings is 2. The predicted molar refractivity (Wildman–Crippen MR) is 84.6 cm³/mol. The maximum Gasteiger partial charge on any atom is 0.128 e. The molecule has 1 unspecified atom stereocenters. The zero-order valence-electron chi connectivity index (χ0n) is 11.7. The van der Waals surface area contributed by atoms with Gasteiger partial charge in [-0.2, -0.15) is 0 Å². The van der Waals surface area contributed by atoms with E-state index in [1.807, 2.05) is 37.3 Å². The number of anilines is 2. The maximum absolute atomic E-state index is 13.8. The highest BCUT2D eigenvalue weighted by atomic mass is 19.1. The first-order chi connectivity index (χ1) is 10.2. The Morgan fingerprint density at radius 1 is 1.10 bits per heavy atom. The molecule has 1 aromatic heterocycles. The van der Waals surface area contributed by atoms with Gasteiger partial charge in [-0.15, -0.1) is 0 Å². The molecule has 0 aliphatic heterocycles. The van der Waals surface area contributed by atoms with Crippen molar-refractivity contribution >= 4 is 22.3 Å². The van der Waals surface area contributed by atoms with E-state index in [9.17, 15) is 4.39 Å². The van der Waals surface area contributed by atoms with E-state index < -0.39 is 0 Å². The molecule has 3 N–H and O–H groups in total. The largest absolute Gasteiger partial charge is 0.397 e. The van der Waals surface area contributed by atoms with Gasteiger partial charge in [-0.1, -0.05) is 18.2 Å². The Morgan fingerprint density at radius 2 is 1.90 bits per heavy atom. The molecule has 0 saturated carbocycles. The smallest absolute Gasteiger partial charge is 0.128 e. The van der Waals surface area contributed by atoms with Crippen LogP contribution < -0.4 is 11.1 Å². The molecule has 3 rings (SSSR count). The van der Waals surface area contributed by atoms with Gasteiger partial charge in [-0.3, -0.25) is 4.98 Å². The first kappa shape index (κ1) is 13.4. The van der Waals surface area contributed by atoms with Crippen molar-refractivity contribution in [3.63, 3.8) is 0 Å². The van der Waals surface area contributed by atoms with Crippen LogP contribution in [0.15, 0.2) is 54.7 Å². The molecule has 0 aliphatic carbocycles. The summed E-state index contributed by atoms with van der Waals surface area (Å²) in [4.78, 5) is 4.27. The van der Waals surface area contributed by atoms with Gasteiger partial charge >= 0.3 is 0 Å². The Kier molecular flexibility index (Phi) is 3.44. The van der Waals surface area contributed by atoms with Gasteiger partial charge in [0.1, 0.15) is 5.82 Å². The quantitative estimate of drug-likeness (QED) is 0.710. The minimum atomic E-state index is -0.224. The van der Waals surface area contributed by atoms with Crippen molar-refractivity contribution in [2.75, 3.05) is 11.1 Å². The number of nitrogens with one attached hydrogen (secondary N) is 1. The van der Waals surface area contributed by atoms with Gasteiger partial charge in [0.2, 0.25) is 0 Å². The molecular weight excluding hydrogens is 265 g/mol. The van der Waals surface area contributed by atoms with E-state index >= 15 is 0 Å². The first-order valence-corrected chi connectivity index (χ1v) is 6.81. The van der Waals surface area contributed by atoms with Crippen LogP contribution in [0.5, 0.6) is 0 Å². The fourth-order valence-electron chi connectivity index (χ4n) is 2.44. The van der Waals surface area contributed by atoms with Crippen LogP contribution in [0.1, 0.15) is 18.5 Å². The third-order valence-electron chi connectivity index (χ3n) is 3.57. The third-order valence-corrected chi connectivity index (χ3v) is 3.57. The van der Waals surface area contributed by atoms with Crippen LogP contribution in [0.3, 0.4) is 0 Å². The number of hydrogen-bond donors (Lipinski definition) is 2. The number of nitrogen functional groups attached to an aromatic ring is 1. The molecule has 0 spiro atoms. The molecule has 4 heteroatoms. The summed E-state index contributed by atoms with van der Waals surface area (Å²) in [5.41, 5.74) is 9.06. The average molecular weight is 281 g/mol. The SMILES string of the molecule is CC(Nc1ccc2ncccc2c1N)c1ccccc1F. The van der Waals surface area contributed by atoms with Gasteiger partial charge in [-0.25, -0.2) is 4.39 Å². The second-order valence-electron chi connectivity index (χ2n) is 4.98. The number of fused-ring (bicyclic) bond motifs is 1. The first-order valence-electron chi connectivity index (χ1n) is 6.81. The standard InChI is InChI=1S/C17H16FN3/c1-11(12-5-2-3-7-14(12)18)21-16-9-8-15-13(17(16)19)6-4-10-20-15/h2-11,21H,19H2,1H3. The molecule has 21 heavy (non-hydrogen) atoms. The van der Waals surface area contributed by atoms with Crippen molar-refractivity contribution in [2.45, 2.75) is 13.0 Å². The summed E-state index contributed by atoms with van der Waals surface area (Å²) in [5.74, 6) is -0.224. The highest BCUT2D eigenvalue weighted by Gasteiger charge is 2.12. The lowest BCUT2D eigenvalue weighted by Gasteiger charge is -2.18. The summed E-state index contributed by atoms with van der Waals surface area (Å²) in [5, 5.41) is 4.16. The lowest BCUT2D eigenvalue weighted by atomic mass is 10.1. The molecule has 1 atom stereocenters. The fourth-order valence-corrected chi connectivity index (χ4v) is 2.44. The number of aromatic nitrogens is 1. The summed E-state index contributed by atoms with van der Waals surface area (Å²) in [6, 6.07) is 14.1. The van der Waals surface area contributed by atoms with Gasteiger partial charge in [0.15, 0.2) is 0 Å². The van der Waals surface area contributed by atoms with Crippen LogP contribution in [0.25, 0.3) is 10.9 Å². The molecule has 0 bridgehead atoms. The Hall–Kier alpha value is -2.62. The third kappa shape index (κ3) is 2.52. The van der Waals surface area contributed by atoms with Gasteiger partial charge in [0, 0.05) is 17.1 Å². The minimum absolute atomic E-state index is 0.178. The predicted octanol–water partition coefficient (Wildman–Crippen LogP) is 4.13. The van der Waals surface area contributed by atoms with Crippen LogP contribution in [0.2, 0.25) is 0 Å². The van der Waals surface area contributed by atoms with Crippen LogP contribution in [0.4, 0.5) is 15.8 Å². The van der Waals surface area contributed by atoms with Crippen LogP contribution in [0, 0.1) is 5.82 Å². The van der Waals surface area contributed by atoms with Crippen molar-refractivity contribution < 1.29 is 4.39 Å². The highest BCUT2D eigenvalue weighted by molar-refractivity contribution is 5.96. The van der Waals surface area contributed by atoms with Crippen LogP contribution in [-0.4, -0.2) is 4.98 Å². The number of rotatable bonds is 3. The number of hydrogen-bond acceptors (Lipinski definition) is 3. The van der Waals surface area contributed by atoms with Crippen molar-refractivity contribution in [3.05, 3.63) is 66.1 Å². The van der Waals surface area contributed by atoms with Gasteiger partial charge in [0.25, 0.3) is 0 Å². The van der Waals surface area contributed by atoms with Gasteiger partial charge in [-0.05, 0) is 37.3 Å². The summed E-state index contributed by atoms with van der Waals surface area (Å²) < 4.78 is 13.8. The summed E-state index contributed by atoms with van der Waals surface area (Å²) >= 11 is 0. The zero-order valence-corrected chi connectivity index (χ0v) is 11.7. The second kappa shape index (κ2) is 5.40. The van der Waals surface area contributed by atoms with E-state index in [1.54, 1.807) is 18.3 Å². The molecule has 0 fully saturated rings. The number of nitrogens with zero attached hydrogens (tertiary/aromatic N) is 1. The number of nitrogens with two attached hydrogens (primary N) is 1. The molecule has 2 aromatic carbocycles. The van der Waals surface area contributed by atoms with Crippen molar-refractivity contribution in [1.29, 1.82) is 0 Å². The Labute approximate surface area is 122 Å². The fraction of sp³-hybridized carbons (Fsp3) is 0.118.